The van der Waals surface area contributed by atoms with Crippen molar-refractivity contribution >= 4 is 5.91 Å². The molecule has 2 saturated heterocycles. The van der Waals surface area contributed by atoms with E-state index in [2.05, 4.69) is 4.90 Å². The molecule has 21 heavy (non-hydrogen) atoms. The van der Waals surface area contributed by atoms with Gasteiger partial charge in [-0.1, -0.05) is 0 Å². The van der Waals surface area contributed by atoms with Crippen LogP contribution in [0.5, 0.6) is 0 Å². The van der Waals surface area contributed by atoms with Crippen LogP contribution in [0.4, 0.5) is 0 Å². The lowest BCUT2D eigenvalue weighted by molar-refractivity contribution is -0.131. The van der Waals surface area contributed by atoms with Crippen molar-refractivity contribution in [3.05, 3.63) is 0 Å². The lowest BCUT2D eigenvalue weighted by Crippen LogP contribution is -2.51. The first-order valence-corrected chi connectivity index (χ1v) is 7.96. The second kappa shape index (κ2) is 8.68. The van der Waals surface area contributed by atoms with E-state index in [9.17, 15) is 4.79 Å². The van der Waals surface area contributed by atoms with Gasteiger partial charge in [-0.15, -0.1) is 0 Å². The highest BCUT2D eigenvalue weighted by molar-refractivity contribution is 5.76. The van der Waals surface area contributed by atoms with Gasteiger partial charge in [0, 0.05) is 46.5 Å². The number of nitrogens with zero attached hydrogens (tertiary/aromatic N) is 2. The second-order valence-electron chi connectivity index (χ2n) is 5.60. The Morgan fingerprint density at radius 1 is 1.33 bits per heavy atom. The SMILES string of the molecule is CCOCCC(=O)N1C[C@@H]2OCCN(CCCOC)[C@H]2C1. The highest BCUT2D eigenvalue weighted by Gasteiger charge is 2.41. The summed E-state index contributed by atoms with van der Waals surface area (Å²) in [5, 5.41) is 0. The zero-order valence-corrected chi connectivity index (χ0v) is 13.3. The van der Waals surface area contributed by atoms with Gasteiger partial charge in [-0.25, -0.2) is 0 Å². The van der Waals surface area contributed by atoms with Crippen molar-refractivity contribution in [3.8, 4) is 0 Å². The number of carbonyl (C=O) groups is 1. The van der Waals surface area contributed by atoms with Gasteiger partial charge < -0.3 is 19.1 Å². The molecule has 0 unspecified atom stereocenters. The number of rotatable bonds is 8. The van der Waals surface area contributed by atoms with Crippen molar-refractivity contribution in [2.75, 3.05) is 59.7 Å². The number of likely N-dealkylation sites (tertiary alicyclic amines) is 1. The van der Waals surface area contributed by atoms with Crippen LogP contribution in [0.1, 0.15) is 19.8 Å². The molecule has 0 bridgehead atoms. The van der Waals surface area contributed by atoms with Gasteiger partial charge in [-0.2, -0.15) is 0 Å². The third kappa shape index (κ3) is 4.64. The third-order valence-corrected chi connectivity index (χ3v) is 4.23. The molecule has 2 atom stereocenters. The first kappa shape index (κ1) is 16.7. The van der Waals surface area contributed by atoms with Gasteiger partial charge in [0.1, 0.15) is 0 Å². The average Bonchev–Trinajstić information content (AvgIpc) is 2.93. The fourth-order valence-corrected chi connectivity index (χ4v) is 3.11. The molecule has 122 valence electrons. The Labute approximate surface area is 127 Å². The fourth-order valence-electron chi connectivity index (χ4n) is 3.11. The summed E-state index contributed by atoms with van der Waals surface area (Å²) < 4.78 is 16.2. The number of fused-ring (bicyclic) bond motifs is 1. The molecule has 0 spiro atoms. The Morgan fingerprint density at radius 3 is 2.95 bits per heavy atom. The number of hydrogen-bond acceptors (Lipinski definition) is 5. The summed E-state index contributed by atoms with van der Waals surface area (Å²) in [7, 11) is 1.73. The fraction of sp³-hybridized carbons (Fsp3) is 0.933. The van der Waals surface area contributed by atoms with E-state index in [1.165, 1.54) is 0 Å². The van der Waals surface area contributed by atoms with Crippen LogP contribution in [0.25, 0.3) is 0 Å². The molecule has 2 aliphatic heterocycles. The highest BCUT2D eigenvalue weighted by atomic mass is 16.5. The van der Waals surface area contributed by atoms with Crippen LogP contribution in [0, 0.1) is 0 Å². The van der Waals surface area contributed by atoms with E-state index in [-0.39, 0.29) is 12.0 Å². The number of carbonyl (C=O) groups excluding carboxylic acids is 1. The molecular weight excluding hydrogens is 272 g/mol. The van der Waals surface area contributed by atoms with Gasteiger partial charge in [0.15, 0.2) is 0 Å². The van der Waals surface area contributed by atoms with Gasteiger partial charge >= 0.3 is 0 Å². The Hall–Kier alpha value is -0.690. The first-order chi connectivity index (χ1) is 10.3. The molecule has 0 radical (unpaired) electrons. The number of methoxy groups -OCH3 is 1. The van der Waals surface area contributed by atoms with Crippen molar-refractivity contribution in [3.63, 3.8) is 0 Å². The predicted octanol–water partition coefficient (Wildman–Crippen LogP) is 0.361. The zero-order valence-electron chi connectivity index (χ0n) is 13.3. The first-order valence-electron chi connectivity index (χ1n) is 7.96. The van der Waals surface area contributed by atoms with Crippen LogP contribution in [0.3, 0.4) is 0 Å². The summed E-state index contributed by atoms with van der Waals surface area (Å²) in [4.78, 5) is 16.6. The molecule has 0 aromatic rings. The largest absolute Gasteiger partial charge is 0.385 e. The van der Waals surface area contributed by atoms with Crippen LogP contribution >= 0.6 is 0 Å². The van der Waals surface area contributed by atoms with Crippen LogP contribution in [0.2, 0.25) is 0 Å². The normalized spacial score (nSPS) is 26.1. The number of ether oxygens (including phenoxy) is 3. The van der Waals surface area contributed by atoms with Crippen LogP contribution in [-0.2, 0) is 19.0 Å². The Kier molecular flexibility index (Phi) is 6.89. The van der Waals surface area contributed by atoms with Crippen molar-refractivity contribution in [1.29, 1.82) is 0 Å². The summed E-state index contributed by atoms with van der Waals surface area (Å²) in [6, 6.07) is 0.339. The molecule has 1 amide bonds. The predicted molar refractivity (Wildman–Crippen MR) is 79.3 cm³/mol. The van der Waals surface area contributed by atoms with Gasteiger partial charge in [0.25, 0.3) is 0 Å². The van der Waals surface area contributed by atoms with E-state index >= 15 is 0 Å². The maximum absolute atomic E-state index is 12.2. The van der Waals surface area contributed by atoms with Crippen LogP contribution in [-0.4, -0.2) is 87.6 Å². The zero-order chi connectivity index (χ0) is 15.1. The minimum absolute atomic E-state index is 0.164. The number of amides is 1. The number of hydrogen-bond donors (Lipinski definition) is 0. The lowest BCUT2D eigenvalue weighted by Gasteiger charge is -2.36. The number of morpholine rings is 1. The van der Waals surface area contributed by atoms with Gasteiger partial charge in [-0.05, 0) is 13.3 Å². The molecular formula is C15H28N2O4. The molecule has 2 aliphatic rings. The van der Waals surface area contributed by atoms with Gasteiger partial charge in [0.2, 0.25) is 5.91 Å². The quantitative estimate of drug-likeness (QED) is 0.606. The molecule has 2 rings (SSSR count). The molecule has 6 nitrogen and oxygen atoms in total. The third-order valence-electron chi connectivity index (χ3n) is 4.23. The van der Waals surface area contributed by atoms with E-state index in [1.807, 2.05) is 11.8 Å². The van der Waals surface area contributed by atoms with Crippen molar-refractivity contribution < 1.29 is 19.0 Å². The lowest BCUT2D eigenvalue weighted by atomic mass is 10.1. The monoisotopic (exact) mass is 300 g/mol. The molecule has 0 aromatic carbocycles. The van der Waals surface area contributed by atoms with Crippen LogP contribution in [0.15, 0.2) is 0 Å². The smallest absolute Gasteiger partial charge is 0.225 e. The summed E-state index contributed by atoms with van der Waals surface area (Å²) in [6.07, 6.45) is 1.66. The molecule has 0 aliphatic carbocycles. The summed E-state index contributed by atoms with van der Waals surface area (Å²) in [5.74, 6) is 0.179. The molecule has 0 aromatic heterocycles. The van der Waals surface area contributed by atoms with Crippen molar-refractivity contribution in [2.24, 2.45) is 0 Å². The maximum atomic E-state index is 12.2. The van der Waals surface area contributed by atoms with Crippen molar-refractivity contribution in [1.82, 2.24) is 9.80 Å². The maximum Gasteiger partial charge on any atom is 0.225 e. The highest BCUT2D eigenvalue weighted by Crippen LogP contribution is 2.23. The summed E-state index contributed by atoms with van der Waals surface area (Å²) >= 11 is 0. The van der Waals surface area contributed by atoms with E-state index in [1.54, 1.807) is 7.11 Å². The Balaban J connectivity index is 1.80. The standard InChI is InChI=1S/C15H28N2O4/c1-3-20-9-5-15(18)17-11-13-14(12-17)21-10-7-16(13)6-4-8-19-2/h13-14H,3-12H2,1-2H3/t13-,14-/m0/s1. The summed E-state index contributed by atoms with van der Waals surface area (Å²) in [6.45, 7) is 8.13. The summed E-state index contributed by atoms with van der Waals surface area (Å²) in [5.41, 5.74) is 0. The molecule has 6 heteroatoms. The van der Waals surface area contributed by atoms with Gasteiger partial charge in [0.05, 0.1) is 31.8 Å². The minimum atomic E-state index is 0.164. The van der Waals surface area contributed by atoms with Crippen molar-refractivity contribution in [2.45, 2.75) is 31.9 Å². The Morgan fingerprint density at radius 2 is 2.19 bits per heavy atom. The van der Waals surface area contributed by atoms with E-state index in [4.69, 9.17) is 14.2 Å². The van der Waals surface area contributed by atoms with E-state index in [0.717, 1.165) is 45.8 Å². The van der Waals surface area contributed by atoms with Gasteiger partial charge in [-0.3, -0.25) is 9.69 Å². The molecule has 0 saturated carbocycles. The average molecular weight is 300 g/mol. The molecule has 2 fully saturated rings. The topological polar surface area (TPSA) is 51.2 Å². The van der Waals surface area contributed by atoms with E-state index < -0.39 is 0 Å². The van der Waals surface area contributed by atoms with E-state index in [0.29, 0.717) is 25.7 Å². The second-order valence-corrected chi connectivity index (χ2v) is 5.60. The minimum Gasteiger partial charge on any atom is -0.385 e. The molecule has 2 heterocycles. The van der Waals surface area contributed by atoms with Crippen LogP contribution < -0.4 is 0 Å². The molecule has 0 N–H and O–H groups in total. The Bertz CT molecular complexity index is 327.